The van der Waals surface area contributed by atoms with Crippen molar-refractivity contribution in [3.63, 3.8) is 0 Å². The van der Waals surface area contributed by atoms with E-state index >= 15 is 0 Å². The number of halogens is 8. The molecule has 0 rings (SSSR count). The molecule has 1 radical (unpaired) electrons. The van der Waals surface area contributed by atoms with Gasteiger partial charge in [0.15, 0.2) is 0 Å². The molecule has 11 heteroatoms. The molecule has 0 fully saturated rings. The standard InChI is InChI=1S/Ce.8FH.La.H2O/h;8*1H;;1H2/q+3;;;;;;;;;+3;/p-6. The summed E-state index contributed by atoms with van der Waals surface area (Å²) in [7, 11) is 0. The first-order chi connectivity index (χ1) is 0. The third kappa shape index (κ3) is 306. The third-order valence-electron chi connectivity index (χ3n) is 0. The van der Waals surface area contributed by atoms with Crippen molar-refractivity contribution >= 4 is 0 Å². The summed E-state index contributed by atoms with van der Waals surface area (Å²) >= 11 is 0. The van der Waals surface area contributed by atoms with Crippen molar-refractivity contribution in [2.24, 2.45) is 0 Å². The Bertz CT molecular complexity index is 14.1. The van der Waals surface area contributed by atoms with Crippen molar-refractivity contribution < 1.29 is 120 Å². The van der Waals surface area contributed by atoms with Crippen LogP contribution in [0.25, 0.3) is 0 Å². The zero-order chi connectivity index (χ0) is 0. The molecule has 0 amide bonds. The van der Waals surface area contributed by atoms with E-state index < -0.39 is 0 Å². The van der Waals surface area contributed by atoms with Crippen LogP contribution in [0.2, 0.25) is 0 Å². The van der Waals surface area contributed by atoms with Crippen LogP contribution >= 0.6 is 0 Å². The molecule has 11 heavy (non-hydrogen) atoms. The topological polar surface area (TPSA) is 31.5 Å². The molecule has 0 aliphatic rings. The molecule has 0 aliphatic heterocycles. The molecule has 0 heterocycles. The maximum atomic E-state index is 0. The summed E-state index contributed by atoms with van der Waals surface area (Å²) in [4.78, 5) is 0. The van der Waals surface area contributed by atoms with Gasteiger partial charge in [-0.2, -0.15) is 0 Å². The average Bonchev–Trinajstić information content (AvgIpc) is 0. The van der Waals surface area contributed by atoms with Crippen LogP contribution < -0.4 is 28.2 Å². The van der Waals surface area contributed by atoms with Gasteiger partial charge < -0.3 is 33.7 Å². The smallest absolute Gasteiger partial charge is 1.00 e. The van der Waals surface area contributed by atoms with Crippen LogP contribution in [0.4, 0.5) is 9.41 Å². The van der Waals surface area contributed by atoms with E-state index in [2.05, 4.69) is 0 Å². The number of hydrogen-bond acceptors (Lipinski definition) is 0. The normalized spacial score (nSPS) is 0. The molecule has 0 aromatic rings. The molecule has 0 saturated carbocycles. The first-order valence-corrected chi connectivity index (χ1v) is 0. The predicted molar refractivity (Wildman–Crippen MR) is 8.62 cm³/mol. The van der Waals surface area contributed by atoms with Crippen molar-refractivity contribution in [3.05, 3.63) is 0 Å². The molecule has 0 unspecified atom stereocenters. The van der Waals surface area contributed by atoms with Crippen LogP contribution in [-0.4, -0.2) is 5.48 Å². The second-order valence-electron chi connectivity index (χ2n) is 0. The van der Waals surface area contributed by atoms with Gasteiger partial charge in [-0.05, 0) is 0 Å². The van der Waals surface area contributed by atoms with E-state index in [0.717, 1.165) is 0 Å². The largest absolute Gasteiger partial charge is 3.00 e. The van der Waals surface area contributed by atoms with Crippen molar-refractivity contribution in [2.75, 3.05) is 0 Å². The summed E-state index contributed by atoms with van der Waals surface area (Å²) in [6, 6.07) is 0. The first-order valence-electron chi connectivity index (χ1n) is 0. The van der Waals surface area contributed by atoms with Crippen molar-refractivity contribution in [2.45, 2.75) is 0 Å². The second kappa shape index (κ2) is 371. The molecule has 0 bridgehead atoms. The molecule has 2 N–H and O–H groups in total. The summed E-state index contributed by atoms with van der Waals surface area (Å²) < 4.78 is 0. The van der Waals surface area contributed by atoms with Crippen molar-refractivity contribution in [1.82, 2.24) is 0 Å². The maximum Gasteiger partial charge on any atom is 3.00 e. The van der Waals surface area contributed by atoms with E-state index in [1.807, 2.05) is 0 Å². The number of hydrogen-bond donors (Lipinski definition) is 0. The molecule has 0 saturated heterocycles. The Morgan fingerprint density at radius 1 is 0.455 bits per heavy atom. The second-order valence-corrected chi connectivity index (χ2v) is 0. The Labute approximate surface area is 119 Å². The molecule has 0 aromatic heterocycles. The predicted octanol–water partition coefficient (Wildman–Crippen LogP) is -18.5. The molecule has 0 aromatic carbocycles. The van der Waals surface area contributed by atoms with Gasteiger partial charge in [0.05, 0.1) is 0 Å². The van der Waals surface area contributed by atoms with E-state index in [1.165, 1.54) is 0 Å². The third-order valence-corrected chi connectivity index (χ3v) is 0. The van der Waals surface area contributed by atoms with Gasteiger partial charge in [0.2, 0.25) is 0 Å². The van der Waals surface area contributed by atoms with Gasteiger partial charge in [-0.1, -0.05) is 0 Å². The van der Waals surface area contributed by atoms with Gasteiger partial charge in [-0.15, -0.1) is 0 Å². The number of rotatable bonds is 0. The Morgan fingerprint density at radius 2 is 0.455 bits per heavy atom. The van der Waals surface area contributed by atoms with E-state index in [0.29, 0.717) is 0 Å². The SMILES string of the molecule is F.F.O.[Ce+3].[F-].[F-].[F-].[F-].[F-].[F-].[La+3]. The summed E-state index contributed by atoms with van der Waals surface area (Å²) in [5, 5.41) is 0. The monoisotopic (exact) mass is 451 g/mol. The van der Waals surface area contributed by atoms with Crippen LogP contribution in [-0.2, 0) is 0 Å². The molecule has 1 nitrogen and oxygen atoms in total. The Kier molecular flexibility index (Phi) is 16100. The van der Waals surface area contributed by atoms with Crippen LogP contribution in [0.5, 0.6) is 0 Å². The average molecular weight is 451 g/mol. The Hall–Kier alpha value is 1.97. The molecule has 0 atom stereocenters. The minimum Gasteiger partial charge on any atom is -1.00 e. The minimum atomic E-state index is 0. The Balaban J connectivity index is 0. The van der Waals surface area contributed by atoms with Crippen molar-refractivity contribution in [1.29, 1.82) is 0 Å². The zero-order valence-corrected chi connectivity index (χ0v) is 11.4. The fourth-order valence-corrected chi connectivity index (χ4v) is 0. The van der Waals surface area contributed by atoms with Gasteiger partial charge >= 0.3 is 77.3 Å². The van der Waals surface area contributed by atoms with E-state index in [-0.39, 0.29) is 120 Å². The summed E-state index contributed by atoms with van der Waals surface area (Å²) in [6.45, 7) is 0. The van der Waals surface area contributed by atoms with E-state index in [1.54, 1.807) is 0 Å². The van der Waals surface area contributed by atoms with Gasteiger partial charge in [-0.25, -0.2) is 0 Å². The van der Waals surface area contributed by atoms with Crippen LogP contribution in [0.1, 0.15) is 0 Å². The molecule has 0 spiro atoms. The maximum absolute atomic E-state index is 0. The quantitative estimate of drug-likeness (QED) is 0.328. The fraction of sp³-hybridized carbons (Fsp3) is 0. The van der Waals surface area contributed by atoms with Crippen LogP contribution in [0.15, 0.2) is 0 Å². The first kappa shape index (κ1) is 478. The van der Waals surface area contributed by atoms with Crippen LogP contribution in [0, 0.1) is 77.3 Å². The molecular weight excluding hydrogens is 447 g/mol. The zero-order valence-electron chi connectivity index (χ0n) is 4.66. The van der Waals surface area contributed by atoms with Gasteiger partial charge in [0, 0.05) is 0 Å². The fourth-order valence-electron chi connectivity index (χ4n) is 0. The van der Waals surface area contributed by atoms with E-state index in [9.17, 15) is 0 Å². The minimum absolute atomic E-state index is 0. The van der Waals surface area contributed by atoms with Crippen molar-refractivity contribution in [3.8, 4) is 0 Å². The Morgan fingerprint density at radius 3 is 0.455 bits per heavy atom. The molecular formula is H4CeF8LaO. The van der Waals surface area contributed by atoms with Gasteiger partial charge in [-0.3, -0.25) is 9.41 Å². The van der Waals surface area contributed by atoms with E-state index in [4.69, 9.17) is 0 Å². The summed E-state index contributed by atoms with van der Waals surface area (Å²) in [5.74, 6) is 0. The van der Waals surface area contributed by atoms with Crippen LogP contribution in [0.3, 0.4) is 0 Å². The molecule has 73 valence electrons. The van der Waals surface area contributed by atoms with Gasteiger partial charge in [0.25, 0.3) is 0 Å². The molecule has 0 aliphatic carbocycles. The summed E-state index contributed by atoms with van der Waals surface area (Å²) in [5.41, 5.74) is 0. The summed E-state index contributed by atoms with van der Waals surface area (Å²) in [6.07, 6.45) is 0. The van der Waals surface area contributed by atoms with Gasteiger partial charge in [0.1, 0.15) is 0 Å².